The van der Waals surface area contributed by atoms with E-state index in [1.165, 1.54) is 28.7 Å². The van der Waals surface area contributed by atoms with Crippen LogP contribution in [-0.4, -0.2) is 73.9 Å². The molecule has 10 heteroatoms. The number of hydrogen-bond donors (Lipinski definition) is 0. The summed E-state index contributed by atoms with van der Waals surface area (Å²) in [6.45, 7) is 11.2. The Kier molecular flexibility index (Phi) is 4.91. The molecule has 32 heavy (non-hydrogen) atoms. The van der Waals surface area contributed by atoms with E-state index in [0.29, 0.717) is 0 Å². The third-order valence-corrected chi connectivity index (χ3v) is 7.77. The summed E-state index contributed by atoms with van der Waals surface area (Å²) in [5.74, 6) is 3.02. The largest absolute Gasteiger partial charge is 0.352 e. The van der Waals surface area contributed by atoms with Gasteiger partial charge in [-0.15, -0.1) is 26.6 Å². The Hall–Kier alpha value is -2.85. The molecule has 0 aliphatic carbocycles. The van der Waals surface area contributed by atoms with Crippen LogP contribution in [0.5, 0.6) is 0 Å². The number of rotatable bonds is 4. The van der Waals surface area contributed by atoms with Crippen LogP contribution < -0.4 is 9.80 Å². The van der Waals surface area contributed by atoms with E-state index in [4.69, 9.17) is 9.97 Å². The van der Waals surface area contributed by atoms with Gasteiger partial charge in [0, 0.05) is 31.1 Å². The lowest BCUT2D eigenvalue weighted by Crippen LogP contribution is -2.47. The average Bonchev–Trinajstić information content (AvgIpc) is 3.55. The van der Waals surface area contributed by atoms with Crippen LogP contribution in [0.15, 0.2) is 18.5 Å². The second-order valence-electron chi connectivity index (χ2n) is 8.71. The molecule has 0 aromatic carbocycles. The minimum atomic E-state index is 0.768. The van der Waals surface area contributed by atoms with Crippen molar-refractivity contribution < 1.29 is 0 Å². The lowest BCUT2D eigenvalue weighted by Gasteiger charge is -2.36. The fourth-order valence-electron chi connectivity index (χ4n) is 4.75. The molecular formula is C22H27N9S. The Morgan fingerprint density at radius 2 is 1.72 bits per heavy atom. The third-order valence-electron chi connectivity index (χ3n) is 6.67. The molecule has 4 aromatic heterocycles. The highest BCUT2D eigenvalue weighted by Crippen LogP contribution is 2.35. The van der Waals surface area contributed by atoms with E-state index >= 15 is 0 Å². The fraction of sp³-hybridized carbons (Fsp3) is 0.500. The molecule has 0 spiro atoms. The van der Waals surface area contributed by atoms with Crippen LogP contribution >= 0.6 is 11.3 Å². The zero-order valence-electron chi connectivity index (χ0n) is 18.5. The molecule has 0 N–H and O–H groups in total. The van der Waals surface area contributed by atoms with Crippen LogP contribution in [0.25, 0.3) is 15.9 Å². The molecule has 0 amide bonds. The van der Waals surface area contributed by atoms with E-state index in [1.54, 1.807) is 22.2 Å². The molecule has 0 radical (unpaired) electrons. The van der Waals surface area contributed by atoms with Gasteiger partial charge in [0.15, 0.2) is 5.65 Å². The molecule has 6 heterocycles. The van der Waals surface area contributed by atoms with Gasteiger partial charge in [-0.2, -0.15) is 4.52 Å². The lowest BCUT2D eigenvalue weighted by molar-refractivity contribution is 0.323. The summed E-state index contributed by atoms with van der Waals surface area (Å²) < 4.78 is 1.73. The summed E-state index contributed by atoms with van der Waals surface area (Å²) in [6.07, 6.45) is 4.21. The van der Waals surface area contributed by atoms with Crippen molar-refractivity contribution in [1.82, 2.24) is 34.7 Å². The molecule has 0 saturated carbocycles. The Morgan fingerprint density at radius 3 is 2.53 bits per heavy atom. The van der Waals surface area contributed by atoms with Crippen molar-refractivity contribution in [2.45, 2.75) is 33.2 Å². The van der Waals surface area contributed by atoms with Crippen LogP contribution in [-0.2, 0) is 6.54 Å². The van der Waals surface area contributed by atoms with Crippen LogP contribution in [0.4, 0.5) is 11.6 Å². The fourth-order valence-corrected chi connectivity index (χ4v) is 5.79. The van der Waals surface area contributed by atoms with Gasteiger partial charge in [-0.1, -0.05) is 0 Å². The highest BCUT2D eigenvalue weighted by Gasteiger charge is 2.25. The predicted molar refractivity (Wildman–Crippen MR) is 127 cm³/mol. The lowest BCUT2D eigenvalue weighted by atomic mass is 10.2. The Morgan fingerprint density at radius 1 is 0.938 bits per heavy atom. The Bertz CT molecular complexity index is 1270. The number of thiophene rings is 1. The summed E-state index contributed by atoms with van der Waals surface area (Å²) in [6, 6.07) is 4.00. The average molecular weight is 450 g/mol. The predicted octanol–water partition coefficient (Wildman–Crippen LogP) is 2.67. The molecule has 0 bridgehead atoms. The molecular weight excluding hydrogens is 422 g/mol. The zero-order valence-corrected chi connectivity index (χ0v) is 19.3. The maximum Gasteiger partial charge on any atom is 0.177 e. The molecule has 0 atom stereocenters. The first-order valence-electron chi connectivity index (χ1n) is 11.3. The Balaban J connectivity index is 1.27. The monoisotopic (exact) mass is 449 g/mol. The zero-order chi connectivity index (χ0) is 21.7. The highest BCUT2D eigenvalue weighted by molar-refractivity contribution is 7.18. The first-order valence-corrected chi connectivity index (χ1v) is 12.1. The van der Waals surface area contributed by atoms with E-state index in [-0.39, 0.29) is 0 Å². The molecule has 2 saturated heterocycles. The van der Waals surface area contributed by atoms with E-state index in [2.05, 4.69) is 43.8 Å². The Labute approximate surface area is 190 Å². The molecule has 2 aliphatic rings. The topological polar surface area (TPSA) is 78.6 Å². The van der Waals surface area contributed by atoms with Gasteiger partial charge in [-0.25, -0.2) is 9.97 Å². The van der Waals surface area contributed by atoms with Crippen molar-refractivity contribution >= 4 is 38.8 Å². The van der Waals surface area contributed by atoms with E-state index in [0.717, 1.165) is 73.8 Å². The van der Waals surface area contributed by atoms with Crippen LogP contribution in [0.3, 0.4) is 0 Å². The maximum atomic E-state index is 5.12. The van der Waals surface area contributed by atoms with Gasteiger partial charge in [0.25, 0.3) is 0 Å². The summed E-state index contributed by atoms with van der Waals surface area (Å²) in [5.41, 5.74) is 2.08. The number of aromatic nitrogens is 6. The quantitative estimate of drug-likeness (QED) is 0.471. The van der Waals surface area contributed by atoms with Crippen LogP contribution in [0, 0.1) is 13.8 Å². The number of piperazine rings is 1. The second kappa shape index (κ2) is 7.93. The van der Waals surface area contributed by atoms with Crippen molar-refractivity contribution in [2.24, 2.45) is 0 Å². The minimum absolute atomic E-state index is 0.768. The van der Waals surface area contributed by atoms with E-state index < -0.39 is 0 Å². The molecule has 6 rings (SSSR count). The molecule has 0 unspecified atom stereocenters. The van der Waals surface area contributed by atoms with Crippen molar-refractivity contribution in [1.29, 1.82) is 0 Å². The number of hydrogen-bond acceptors (Lipinski definition) is 9. The van der Waals surface area contributed by atoms with E-state index in [1.807, 2.05) is 12.1 Å². The molecule has 166 valence electrons. The third kappa shape index (κ3) is 3.47. The second-order valence-corrected chi connectivity index (χ2v) is 9.91. The molecule has 9 nitrogen and oxygen atoms in total. The van der Waals surface area contributed by atoms with Gasteiger partial charge in [-0.05, 0) is 57.5 Å². The number of aryl methyl sites for hydroxylation is 2. The highest BCUT2D eigenvalue weighted by atomic mass is 32.1. The van der Waals surface area contributed by atoms with Crippen LogP contribution in [0.2, 0.25) is 0 Å². The molecule has 4 aromatic rings. The van der Waals surface area contributed by atoms with Crippen molar-refractivity contribution in [2.75, 3.05) is 49.1 Å². The van der Waals surface area contributed by atoms with Gasteiger partial charge in [-0.3, -0.25) is 4.90 Å². The van der Waals surface area contributed by atoms with Crippen LogP contribution in [0.1, 0.15) is 29.1 Å². The summed E-state index contributed by atoms with van der Waals surface area (Å²) in [5, 5.41) is 13.9. The number of fused-ring (bicyclic) bond motifs is 2. The smallest absolute Gasteiger partial charge is 0.177 e. The number of anilines is 2. The minimum Gasteiger partial charge on any atom is -0.352 e. The molecule has 2 aliphatic heterocycles. The number of nitrogens with zero attached hydrogens (tertiary/aromatic N) is 9. The standard InChI is InChI=1S/C22H27N9S/c1-15-16(2)32-22-20(15)21(24-17(25-22)13-28-7-3-4-8-28)30-11-9-29(10-12-30)19-6-5-18-26-23-14-31(18)27-19/h5-6,14H,3-4,7-13H2,1-2H3. The normalized spacial score (nSPS) is 17.8. The van der Waals surface area contributed by atoms with Crippen molar-refractivity contribution in [3.8, 4) is 0 Å². The summed E-state index contributed by atoms with van der Waals surface area (Å²) >= 11 is 1.80. The van der Waals surface area contributed by atoms with Gasteiger partial charge < -0.3 is 9.80 Å². The van der Waals surface area contributed by atoms with Gasteiger partial charge in [0.05, 0.1) is 11.9 Å². The number of likely N-dealkylation sites (tertiary alicyclic amines) is 1. The van der Waals surface area contributed by atoms with Gasteiger partial charge >= 0.3 is 0 Å². The van der Waals surface area contributed by atoms with Crippen molar-refractivity contribution in [3.05, 3.63) is 34.7 Å². The summed E-state index contributed by atoms with van der Waals surface area (Å²) in [7, 11) is 0. The maximum absolute atomic E-state index is 5.12. The summed E-state index contributed by atoms with van der Waals surface area (Å²) in [4.78, 5) is 19.8. The first kappa shape index (κ1) is 19.8. The van der Waals surface area contributed by atoms with Gasteiger partial charge in [0.1, 0.15) is 28.6 Å². The molecule has 2 fully saturated rings. The van der Waals surface area contributed by atoms with Gasteiger partial charge in [0.2, 0.25) is 0 Å². The van der Waals surface area contributed by atoms with Crippen molar-refractivity contribution in [3.63, 3.8) is 0 Å². The first-order chi connectivity index (χ1) is 15.7. The SMILES string of the molecule is Cc1sc2nc(CN3CCCC3)nc(N3CCN(c4ccc5nncn5n4)CC3)c2c1C. The van der Waals surface area contributed by atoms with E-state index in [9.17, 15) is 0 Å².